The maximum atomic E-state index is 6.93. The van der Waals surface area contributed by atoms with Crippen LogP contribution in [0, 0.1) is 5.92 Å². The molecule has 0 radical (unpaired) electrons. The third kappa shape index (κ3) is 6.24. The average molecular weight is 889 g/mol. The standard InChI is InChI=1S/C64H44N2OS/c1-38-28-33-56(48-23-12-18-39-14-4-6-19-45(39)48)65-64(53-25-13-24-51-49-21-9-11-27-59(49)68-63(51)53)66-62(38)55-36-44(37-58-61(55)52-22-8-10-26-57(52)67-58)46-31-30-43-34-41-16-2-3-17-42(41)35-54(43)60-47-20-7-5-15-40(47)29-32-50(46)60/h2-27,29,32-38,46H,28,30-31H2,1H3/b56-33+,65-64?,66-62?. The lowest BCUT2D eigenvalue weighted by molar-refractivity contribution is 0.665. The molecule has 68 heavy (non-hydrogen) atoms. The van der Waals surface area contributed by atoms with Gasteiger partial charge in [0.15, 0.2) is 5.84 Å². The van der Waals surface area contributed by atoms with Crippen LogP contribution in [0.3, 0.4) is 0 Å². The van der Waals surface area contributed by atoms with Crippen molar-refractivity contribution in [2.24, 2.45) is 15.9 Å². The van der Waals surface area contributed by atoms with Crippen molar-refractivity contribution in [2.75, 3.05) is 0 Å². The summed E-state index contributed by atoms with van der Waals surface area (Å²) in [5, 5.41) is 12.2. The van der Waals surface area contributed by atoms with E-state index < -0.39 is 0 Å². The molecular weight excluding hydrogens is 845 g/mol. The van der Waals surface area contributed by atoms with E-state index in [9.17, 15) is 0 Å². The van der Waals surface area contributed by atoms with Gasteiger partial charge in [0.1, 0.15) is 11.2 Å². The van der Waals surface area contributed by atoms with Gasteiger partial charge in [-0.3, -0.25) is 0 Å². The molecule has 3 nitrogen and oxygen atoms in total. The van der Waals surface area contributed by atoms with Gasteiger partial charge in [-0.05, 0) is 116 Å². The molecule has 0 bridgehead atoms. The van der Waals surface area contributed by atoms with E-state index >= 15 is 0 Å². The normalized spacial score (nSPS) is 17.2. The molecule has 2 aliphatic rings. The number of furan rings is 1. The molecule has 0 spiro atoms. The average Bonchev–Trinajstić information content (AvgIpc) is 3.91. The van der Waals surface area contributed by atoms with E-state index in [1.54, 1.807) is 0 Å². The first kappa shape index (κ1) is 39.3. The molecule has 0 amide bonds. The van der Waals surface area contributed by atoms with Crippen LogP contribution in [-0.4, -0.2) is 11.5 Å². The number of thiophene rings is 1. The van der Waals surface area contributed by atoms with Gasteiger partial charge >= 0.3 is 0 Å². The number of para-hydroxylation sites is 1. The molecule has 12 aromatic rings. The molecule has 1 aliphatic heterocycles. The maximum Gasteiger partial charge on any atom is 0.161 e. The topological polar surface area (TPSA) is 37.9 Å². The molecule has 0 fully saturated rings. The SMILES string of the molecule is CC1C/C=C(\c2cccc3ccccc23)N=C(c2cccc3c2sc2ccccc23)N=C1c1cc(C2CCc3cc4ccccc4cc3-c3c2ccc2ccccc32)cc2oc3ccccc3c12. The highest BCUT2D eigenvalue weighted by Crippen LogP contribution is 2.48. The van der Waals surface area contributed by atoms with E-state index in [4.69, 9.17) is 14.4 Å². The molecule has 3 heterocycles. The summed E-state index contributed by atoms with van der Waals surface area (Å²) in [5.74, 6) is 0.869. The second-order valence-electron chi connectivity index (χ2n) is 18.7. The molecule has 2 unspecified atom stereocenters. The summed E-state index contributed by atoms with van der Waals surface area (Å²) in [6.45, 7) is 2.34. The Morgan fingerprint density at radius 1 is 0.515 bits per heavy atom. The summed E-state index contributed by atoms with van der Waals surface area (Å²) in [6.07, 6.45) is 5.04. The van der Waals surface area contributed by atoms with Gasteiger partial charge in [0, 0.05) is 59.5 Å². The van der Waals surface area contributed by atoms with Crippen molar-refractivity contribution in [1.82, 2.24) is 0 Å². The number of aryl methyl sites for hydroxylation is 1. The van der Waals surface area contributed by atoms with E-state index in [2.05, 4.69) is 207 Å². The zero-order valence-electron chi connectivity index (χ0n) is 37.5. The summed E-state index contributed by atoms with van der Waals surface area (Å²) >= 11 is 1.83. The Balaban J connectivity index is 1.03. The van der Waals surface area contributed by atoms with Crippen LogP contribution in [0.15, 0.2) is 215 Å². The third-order valence-electron chi connectivity index (χ3n) is 14.8. The fraction of sp³-hybridized carbons (Fsp3) is 0.0938. The van der Waals surface area contributed by atoms with E-state index in [1.807, 2.05) is 11.3 Å². The summed E-state index contributed by atoms with van der Waals surface area (Å²) in [6, 6.07) is 71.2. The smallest absolute Gasteiger partial charge is 0.161 e. The van der Waals surface area contributed by atoms with Gasteiger partial charge in [0.25, 0.3) is 0 Å². The van der Waals surface area contributed by atoms with Gasteiger partial charge in [-0.15, -0.1) is 11.3 Å². The Kier molecular flexibility index (Phi) is 9.00. The van der Waals surface area contributed by atoms with Crippen molar-refractivity contribution in [3.63, 3.8) is 0 Å². The minimum Gasteiger partial charge on any atom is -0.456 e. The van der Waals surface area contributed by atoms with E-state index in [0.29, 0.717) is 0 Å². The number of hydrogen-bond donors (Lipinski definition) is 0. The summed E-state index contributed by atoms with van der Waals surface area (Å²) in [5.41, 5.74) is 13.7. The van der Waals surface area contributed by atoms with Crippen LogP contribution in [0.1, 0.15) is 59.1 Å². The second kappa shape index (κ2) is 15.6. The first-order valence-corrected chi connectivity index (χ1v) is 24.7. The van der Waals surface area contributed by atoms with Crippen LogP contribution in [0.5, 0.6) is 0 Å². The highest BCUT2D eigenvalue weighted by atomic mass is 32.1. The quantitative estimate of drug-likeness (QED) is 0.173. The van der Waals surface area contributed by atoms with Crippen molar-refractivity contribution >= 4 is 103 Å². The molecule has 0 saturated carbocycles. The molecule has 0 N–H and O–H groups in total. The molecule has 0 saturated heterocycles. The van der Waals surface area contributed by atoms with Gasteiger partial charge < -0.3 is 4.42 Å². The van der Waals surface area contributed by atoms with Crippen molar-refractivity contribution in [2.45, 2.75) is 32.1 Å². The van der Waals surface area contributed by atoms with Gasteiger partial charge in [-0.25, -0.2) is 9.98 Å². The first-order chi connectivity index (χ1) is 33.6. The molecule has 10 aromatic carbocycles. The molecule has 4 heteroatoms. The number of amidine groups is 1. The summed E-state index contributed by atoms with van der Waals surface area (Å²) < 4.78 is 9.39. The number of allylic oxidation sites excluding steroid dienone is 1. The minimum atomic E-state index is 0.0428. The Hall–Kier alpha value is -7.92. The lowest BCUT2D eigenvalue weighted by Gasteiger charge is -2.23. The lowest BCUT2D eigenvalue weighted by Crippen LogP contribution is -2.18. The highest BCUT2D eigenvalue weighted by molar-refractivity contribution is 7.26. The number of fused-ring (bicyclic) bond motifs is 13. The molecule has 2 aromatic heterocycles. The molecule has 14 rings (SSSR count). The monoisotopic (exact) mass is 888 g/mol. The molecule has 2 atom stereocenters. The number of aliphatic imine (C=N–C) groups is 2. The number of nitrogens with zero attached hydrogens (tertiary/aromatic N) is 2. The van der Waals surface area contributed by atoms with Crippen LogP contribution >= 0.6 is 11.3 Å². The second-order valence-corrected chi connectivity index (χ2v) is 19.8. The number of rotatable bonds is 4. The summed E-state index contributed by atoms with van der Waals surface area (Å²) in [4.78, 5) is 11.6. The first-order valence-electron chi connectivity index (χ1n) is 23.9. The Morgan fingerprint density at radius 3 is 2.06 bits per heavy atom. The van der Waals surface area contributed by atoms with Crippen LogP contribution in [0.4, 0.5) is 0 Å². The van der Waals surface area contributed by atoms with E-state index in [-0.39, 0.29) is 11.8 Å². The maximum absolute atomic E-state index is 6.93. The van der Waals surface area contributed by atoms with Gasteiger partial charge in [-0.1, -0.05) is 171 Å². The number of benzene rings is 10. The van der Waals surface area contributed by atoms with Gasteiger partial charge in [-0.2, -0.15) is 0 Å². The fourth-order valence-electron chi connectivity index (χ4n) is 11.5. The molecule has 1 aliphatic carbocycles. The predicted octanol–water partition coefficient (Wildman–Crippen LogP) is 17.5. The highest BCUT2D eigenvalue weighted by Gasteiger charge is 2.30. The van der Waals surface area contributed by atoms with Crippen LogP contribution in [-0.2, 0) is 6.42 Å². The predicted molar refractivity (Wildman–Crippen MR) is 289 cm³/mol. The fourth-order valence-corrected chi connectivity index (χ4v) is 12.7. The molecular formula is C64H44N2OS. The van der Waals surface area contributed by atoms with E-state index in [0.717, 1.165) is 75.1 Å². The van der Waals surface area contributed by atoms with Gasteiger partial charge in [0.05, 0.1) is 11.4 Å². The molecule has 322 valence electrons. The van der Waals surface area contributed by atoms with E-state index in [1.165, 1.54) is 80.3 Å². The van der Waals surface area contributed by atoms with Gasteiger partial charge in [0.2, 0.25) is 0 Å². The van der Waals surface area contributed by atoms with Crippen molar-refractivity contribution in [1.29, 1.82) is 0 Å². The van der Waals surface area contributed by atoms with Crippen LogP contribution in [0.25, 0.3) is 91.3 Å². The zero-order chi connectivity index (χ0) is 44.9. The number of hydrogen-bond acceptors (Lipinski definition) is 4. The Labute approximate surface area is 398 Å². The largest absolute Gasteiger partial charge is 0.456 e. The van der Waals surface area contributed by atoms with Crippen molar-refractivity contribution in [3.8, 4) is 11.1 Å². The lowest BCUT2D eigenvalue weighted by atomic mass is 9.81. The van der Waals surface area contributed by atoms with Crippen molar-refractivity contribution < 1.29 is 4.42 Å². The van der Waals surface area contributed by atoms with Crippen LogP contribution < -0.4 is 0 Å². The van der Waals surface area contributed by atoms with Crippen molar-refractivity contribution in [3.05, 3.63) is 234 Å². The third-order valence-corrected chi connectivity index (χ3v) is 16.0. The Morgan fingerprint density at radius 2 is 1.19 bits per heavy atom. The zero-order valence-corrected chi connectivity index (χ0v) is 38.4. The minimum absolute atomic E-state index is 0.0428. The summed E-state index contributed by atoms with van der Waals surface area (Å²) in [7, 11) is 0. The Bertz CT molecular complexity index is 4160. The van der Waals surface area contributed by atoms with Crippen LogP contribution in [0.2, 0.25) is 0 Å².